The van der Waals surface area contributed by atoms with Crippen molar-refractivity contribution in [1.29, 1.82) is 0 Å². The lowest BCUT2D eigenvalue weighted by atomic mass is 9.78. The molecule has 1 aliphatic rings. The summed E-state index contributed by atoms with van der Waals surface area (Å²) in [4.78, 5) is 0. The number of nitrogens with one attached hydrogen (secondary N) is 1. The second kappa shape index (κ2) is 3.73. The Morgan fingerprint density at radius 2 is 2.00 bits per heavy atom. The van der Waals surface area contributed by atoms with Crippen LogP contribution in [0.3, 0.4) is 0 Å². The molecule has 0 radical (unpaired) electrons. The van der Waals surface area contributed by atoms with Gasteiger partial charge in [0.1, 0.15) is 0 Å². The van der Waals surface area contributed by atoms with E-state index in [9.17, 15) is 0 Å². The van der Waals surface area contributed by atoms with E-state index in [2.05, 4.69) is 18.3 Å². The molecule has 0 bridgehead atoms. The van der Waals surface area contributed by atoms with E-state index in [-0.39, 0.29) is 0 Å². The minimum atomic E-state index is 0.400. The summed E-state index contributed by atoms with van der Waals surface area (Å²) < 4.78 is 0. The van der Waals surface area contributed by atoms with Crippen LogP contribution in [0.15, 0.2) is 18.2 Å². The first-order chi connectivity index (χ1) is 6.59. The van der Waals surface area contributed by atoms with Crippen molar-refractivity contribution in [3.05, 3.63) is 33.8 Å². The number of rotatable bonds is 2. The zero-order valence-electron chi connectivity index (χ0n) is 8.11. The fraction of sp³-hybridized carbons (Fsp3) is 0.455. The highest BCUT2D eigenvalue weighted by Gasteiger charge is 2.31. The monoisotopic (exact) mass is 229 g/mol. The van der Waals surface area contributed by atoms with E-state index in [4.69, 9.17) is 23.2 Å². The van der Waals surface area contributed by atoms with Crippen LogP contribution >= 0.6 is 23.2 Å². The molecule has 1 saturated heterocycles. The molecular formula is C11H13Cl2N. The zero-order chi connectivity index (χ0) is 10.2. The molecule has 1 aromatic rings. The van der Waals surface area contributed by atoms with Gasteiger partial charge in [-0.05, 0) is 29.5 Å². The Labute approximate surface area is 94.4 Å². The number of hydrogen-bond acceptors (Lipinski definition) is 1. The van der Waals surface area contributed by atoms with Gasteiger partial charge in [-0.2, -0.15) is 0 Å². The van der Waals surface area contributed by atoms with E-state index in [0.29, 0.717) is 15.5 Å². The molecule has 3 heteroatoms. The van der Waals surface area contributed by atoms with Crippen molar-refractivity contribution in [2.75, 3.05) is 13.1 Å². The highest BCUT2D eigenvalue weighted by Crippen LogP contribution is 2.29. The number of benzene rings is 1. The summed E-state index contributed by atoms with van der Waals surface area (Å²) in [6.07, 6.45) is 1.07. The van der Waals surface area contributed by atoms with Crippen molar-refractivity contribution in [3.63, 3.8) is 0 Å². The molecule has 2 rings (SSSR count). The van der Waals surface area contributed by atoms with Crippen LogP contribution in [0.25, 0.3) is 0 Å². The molecule has 0 unspecified atom stereocenters. The normalized spacial score (nSPS) is 19.1. The molecule has 1 heterocycles. The maximum atomic E-state index is 5.96. The second-order valence-electron chi connectivity index (χ2n) is 4.34. The first-order valence-corrected chi connectivity index (χ1v) is 5.49. The van der Waals surface area contributed by atoms with Gasteiger partial charge in [-0.3, -0.25) is 0 Å². The Morgan fingerprint density at radius 3 is 2.50 bits per heavy atom. The molecule has 1 aromatic carbocycles. The van der Waals surface area contributed by atoms with E-state index in [0.717, 1.165) is 19.5 Å². The van der Waals surface area contributed by atoms with Crippen LogP contribution in [0.5, 0.6) is 0 Å². The SMILES string of the molecule is CC1(Cc2ccc(Cl)c(Cl)c2)CNC1. The smallest absolute Gasteiger partial charge is 0.0595 e. The average Bonchev–Trinajstić information content (AvgIpc) is 2.09. The minimum Gasteiger partial charge on any atom is -0.316 e. The molecule has 0 amide bonds. The maximum Gasteiger partial charge on any atom is 0.0595 e. The third-order valence-corrected chi connectivity index (χ3v) is 3.46. The molecule has 0 aromatic heterocycles. The molecule has 1 nitrogen and oxygen atoms in total. The van der Waals surface area contributed by atoms with Crippen LogP contribution in [0.4, 0.5) is 0 Å². The third-order valence-electron chi connectivity index (χ3n) is 2.72. The summed E-state index contributed by atoms with van der Waals surface area (Å²) in [6, 6.07) is 5.89. The van der Waals surface area contributed by atoms with Gasteiger partial charge in [0.2, 0.25) is 0 Å². The van der Waals surface area contributed by atoms with Crippen molar-refractivity contribution >= 4 is 23.2 Å². The van der Waals surface area contributed by atoms with Gasteiger partial charge in [-0.15, -0.1) is 0 Å². The molecule has 0 atom stereocenters. The van der Waals surface area contributed by atoms with Gasteiger partial charge in [-0.1, -0.05) is 36.2 Å². The second-order valence-corrected chi connectivity index (χ2v) is 5.15. The largest absolute Gasteiger partial charge is 0.316 e. The maximum absolute atomic E-state index is 5.96. The molecule has 0 aliphatic carbocycles. The lowest BCUT2D eigenvalue weighted by molar-refractivity contribution is 0.195. The van der Waals surface area contributed by atoms with Crippen LogP contribution in [-0.2, 0) is 6.42 Å². The Morgan fingerprint density at radius 1 is 1.29 bits per heavy atom. The van der Waals surface area contributed by atoms with Crippen molar-refractivity contribution in [2.45, 2.75) is 13.3 Å². The molecule has 0 saturated carbocycles. The molecule has 1 fully saturated rings. The minimum absolute atomic E-state index is 0.400. The fourth-order valence-corrected chi connectivity index (χ4v) is 2.14. The van der Waals surface area contributed by atoms with Crippen LogP contribution in [0.1, 0.15) is 12.5 Å². The lowest BCUT2D eigenvalue weighted by Crippen LogP contribution is -2.52. The molecule has 1 N–H and O–H groups in total. The van der Waals surface area contributed by atoms with Gasteiger partial charge in [0, 0.05) is 13.1 Å². The summed E-state index contributed by atoms with van der Waals surface area (Å²) in [6.45, 7) is 4.46. The van der Waals surface area contributed by atoms with E-state index < -0.39 is 0 Å². The average molecular weight is 230 g/mol. The summed E-state index contributed by atoms with van der Waals surface area (Å²) in [5.74, 6) is 0. The summed E-state index contributed by atoms with van der Waals surface area (Å²) >= 11 is 11.8. The predicted molar refractivity (Wildman–Crippen MR) is 61.1 cm³/mol. The molecule has 76 valence electrons. The Kier molecular flexibility index (Phi) is 2.74. The van der Waals surface area contributed by atoms with E-state index in [1.165, 1.54) is 5.56 Å². The Balaban J connectivity index is 2.13. The van der Waals surface area contributed by atoms with Crippen LogP contribution < -0.4 is 5.32 Å². The van der Waals surface area contributed by atoms with Crippen LogP contribution in [0.2, 0.25) is 10.0 Å². The Bertz CT molecular complexity index is 345. The number of hydrogen-bond donors (Lipinski definition) is 1. The first-order valence-electron chi connectivity index (χ1n) is 4.74. The highest BCUT2D eigenvalue weighted by molar-refractivity contribution is 6.42. The Hall–Kier alpha value is -0.240. The molecular weight excluding hydrogens is 217 g/mol. The predicted octanol–water partition coefficient (Wildman–Crippen LogP) is 3.15. The van der Waals surface area contributed by atoms with Gasteiger partial charge in [0.25, 0.3) is 0 Å². The topological polar surface area (TPSA) is 12.0 Å². The van der Waals surface area contributed by atoms with E-state index >= 15 is 0 Å². The van der Waals surface area contributed by atoms with Gasteiger partial charge >= 0.3 is 0 Å². The molecule has 1 aliphatic heterocycles. The van der Waals surface area contributed by atoms with Gasteiger partial charge in [0.05, 0.1) is 10.0 Å². The molecule has 14 heavy (non-hydrogen) atoms. The standard InChI is InChI=1S/C11H13Cl2N/c1-11(6-14-7-11)5-8-2-3-9(12)10(13)4-8/h2-4,14H,5-7H2,1H3. The molecule has 0 spiro atoms. The fourth-order valence-electron chi connectivity index (χ4n) is 1.82. The lowest BCUT2D eigenvalue weighted by Gasteiger charge is -2.39. The summed E-state index contributed by atoms with van der Waals surface area (Å²) in [5, 5.41) is 4.57. The van der Waals surface area contributed by atoms with Crippen molar-refractivity contribution < 1.29 is 0 Å². The number of halogens is 2. The van der Waals surface area contributed by atoms with Gasteiger partial charge < -0.3 is 5.32 Å². The van der Waals surface area contributed by atoms with Gasteiger partial charge in [0.15, 0.2) is 0 Å². The van der Waals surface area contributed by atoms with Crippen LogP contribution in [0, 0.1) is 5.41 Å². The highest BCUT2D eigenvalue weighted by atomic mass is 35.5. The van der Waals surface area contributed by atoms with Crippen molar-refractivity contribution in [2.24, 2.45) is 5.41 Å². The van der Waals surface area contributed by atoms with Crippen molar-refractivity contribution in [3.8, 4) is 0 Å². The zero-order valence-corrected chi connectivity index (χ0v) is 9.62. The summed E-state index contributed by atoms with van der Waals surface area (Å²) in [7, 11) is 0. The van der Waals surface area contributed by atoms with Crippen molar-refractivity contribution in [1.82, 2.24) is 5.32 Å². The first kappa shape index (κ1) is 10.3. The van der Waals surface area contributed by atoms with Gasteiger partial charge in [-0.25, -0.2) is 0 Å². The van der Waals surface area contributed by atoms with E-state index in [1.54, 1.807) is 0 Å². The van der Waals surface area contributed by atoms with Crippen LogP contribution in [-0.4, -0.2) is 13.1 Å². The van der Waals surface area contributed by atoms with E-state index in [1.807, 2.05) is 12.1 Å². The quantitative estimate of drug-likeness (QED) is 0.822. The third kappa shape index (κ3) is 2.05. The summed E-state index contributed by atoms with van der Waals surface area (Å²) in [5.41, 5.74) is 1.67.